The molecule has 0 saturated carbocycles. The van der Waals surface area contributed by atoms with E-state index in [-0.39, 0.29) is 0 Å². The smallest absolute Gasteiger partial charge is 0.337 e. The van der Waals surface area contributed by atoms with Crippen LogP contribution in [-0.2, 0) is 16.1 Å². The van der Waals surface area contributed by atoms with Gasteiger partial charge in [-0.2, -0.15) is 0 Å². The number of rotatable bonds is 10. The molecular formula is C27H25N3O6S. The molecule has 0 saturated heterocycles. The first-order valence-corrected chi connectivity index (χ1v) is 12.0. The molecule has 0 bridgehead atoms. The molecule has 4 aromatic rings. The van der Waals surface area contributed by atoms with Crippen molar-refractivity contribution in [3.05, 3.63) is 77.4 Å². The van der Waals surface area contributed by atoms with Gasteiger partial charge in [0, 0.05) is 17.7 Å². The molecular weight excluding hydrogens is 494 g/mol. The van der Waals surface area contributed by atoms with Crippen LogP contribution >= 0.6 is 11.3 Å². The third-order valence-corrected chi connectivity index (χ3v) is 6.40. The van der Waals surface area contributed by atoms with Gasteiger partial charge in [-0.25, -0.2) is 9.78 Å². The Morgan fingerprint density at radius 3 is 2.30 bits per heavy atom. The van der Waals surface area contributed by atoms with Crippen LogP contribution in [-0.4, -0.2) is 44.9 Å². The first-order chi connectivity index (χ1) is 17.9. The molecule has 190 valence electrons. The Hall–Kier alpha value is -4.44. The molecule has 1 heterocycles. The van der Waals surface area contributed by atoms with Crippen LogP contribution in [0, 0.1) is 0 Å². The van der Waals surface area contributed by atoms with Crippen molar-refractivity contribution >= 4 is 45.3 Å². The topological polar surface area (TPSA) is 108 Å². The summed E-state index contributed by atoms with van der Waals surface area (Å²) < 4.78 is 22.4. The lowest BCUT2D eigenvalue weighted by atomic mass is 10.1. The standard InChI is InChI=1S/C27H25N3O6S/c1-28-15-16-5-11-19(12-6-16)36-24(17-7-9-18(10-8-17)26(32)35-4)25(31)30-27-29-20-13-21(33-2)22(34-3)14-23(20)37-27/h5-14,24H,1,15H2,2-4H3,(H,29,30,31). The molecule has 0 aliphatic rings. The first-order valence-electron chi connectivity index (χ1n) is 11.2. The van der Waals surface area contributed by atoms with Crippen LogP contribution in [0.2, 0.25) is 0 Å². The number of ether oxygens (including phenoxy) is 4. The van der Waals surface area contributed by atoms with Gasteiger partial charge in [-0.05, 0) is 36.5 Å². The Kier molecular flexibility index (Phi) is 7.99. The summed E-state index contributed by atoms with van der Waals surface area (Å²) in [5, 5.41) is 3.24. The number of anilines is 1. The molecule has 37 heavy (non-hydrogen) atoms. The fourth-order valence-corrected chi connectivity index (χ4v) is 4.48. The second-order valence-electron chi connectivity index (χ2n) is 7.82. The molecule has 1 unspecified atom stereocenters. The van der Waals surface area contributed by atoms with Gasteiger partial charge in [-0.3, -0.25) is 15.1 Å². The molecule has 0 fully saturated rings. The van der Waals surface area contributed by atoms with E-state index in [9.17, 15) is 9.59 Å². The van der Waals surface area contributed by atoms with Crippen molar-refractivity contribution in [2.75, 3.05) is 26.6 Å². The summed E-state index contributed by atoms with van der Waals surface area (Å²) in [6.07, 6.45) is -1.02. The van der Waals surface area contributed by atoms with E-state index < -0.39 is 18.0 Å². The highest BCUT2D eigenvalue weighted by Gasteiger charge is 2.25. The number of amides is 1. The Labute approximate surface area is 217 Å². The maximum atomic E-state index is 13.5. The number of esters is 1. The number of aliphatic imine (C=N–C) groups is 1. The largest absolute Gasteiger partial charge is 0.493 e. The van der Waals surface area contributed by atoms with E-state index in [4.69, 9.17) is 18.9 Å². The SMILES string of the molecule is C=NCc1ccc(OC(C(=O)Nc2nc3cc(OC)c(OC)cc3s2)c2ccc(C(=O)OC)cc2)cc1. The van der Waals surface area contributed by atoms with Crippen LogP contribution < -0.4 is 19.5 Å². The zero-order valence-electron chi connectivity index (χ0n) is 20.5. The summed E-state index contributed by atoms with van der Waals surface area (Å²) in [5.74, 6) is 0.698. The summed E-state index contributed by atoms with van der Waals surface area (Å²) in [6.45, 7) is 3.98. The molecule has 10 heteroatoms. The summed E-state index contributed by atoms with van der Waals surface area (Å²) in [7, 11) is 4.41. The summed E-state index contributed by atoms with van der Waals surface area (Å²) >= 11 is 1.30. The Bertz CT molecular complexity index is 1380. The monoisotopic (exact) mass is 519 g/mol. The normalized spacial score (nSPS) is 11.4. The fourth-order valence-electron chi connectivity index (χ4n) is 3.60. The van der Waals surface area contributed by atoms with Crippen molar-refractivity contribution < 1.29 is 28.5 Å². The second-order valence-corrected chi connectivity index (χ2v) is 8.85. The molecule has 1 atom stereocenters. The number of nitrogens with one attached hydrogen (secondary N) is 1. The number of carbonyl (C=O) groups excluding carboxylic acids is 2. The fraction of sp³-hybridized carbons (Fsp3) is 0.185. The van der Waals surface area contributed by atoms with Gasteiger partial charge in [0.2, 0.25) is 6.10 Å². The minimum atomic E-state index is -1.02. The third kappa shape index (κ3) is 5.87. The molecule has 4 rings (SSSR count). The summed E-state index contributed by atoms with van der Waals surface area (Å²) in [5.41, 5.74) is 2.53. The van der Waals surface area contributed by atoms with Crippen LogP contribution in [0.5, 0.6) is 17.2 Å². The van der Waals surface area contributed by atoms with Gasteiger partial charge in [0.15, 0.2) is 16.6 Å². The molecule has 1 amide bonds. The Morgan fingerprint density at radius 1 is 1.00 bits per heavy atom. The molecule has 3 aromatic carbocycles. The van der Waals surface area contributed by atoms with Crippen molar-refractivity contribution in [2.45, 2.75) is 12.6 Å². The van der Waals surface area contributed by atoms with E-state index in [1.807, 2.05) is 12.1 Å². The molecule has 0 radical (unpaired) electrons. The van der Waals surface area contributed by atoms with E-state index in [0.29, 0.717) is 45.6 Å². The lowest BCUT2D eigenvalue weighted by Crippen LogP contribution is -2.25. The quantitative estimate of drug-likeness (QED) is 0.230. The first kappa shape index (κ1) is 25.6. The Morgan fingerprint density at radius 2 is 1.68 bits per heavy atom. The number of hydrogen-bond acceptors (Lipinski definition) is 9. The minimum absolute atomic E-state index is 0.362. The summed E-state index contributed by atoms with van der Waals surface area (Å²) in [4.78, 5) is 33.7. The number of aromatic nitrogens is 1. The van der Waals surface area contributed by atoms with Crippen LogP contribution in [0.3, 0.4) is 0 Å². The maximum absolute atomic E-state index is 13.5. The predicted octanol–water partition coefficient (Wildman–Crippen LogP) is 5.06. The number of thiazole rings is 1. The number of nitrogens with zero attached hydrogens (tertiary/aromatic N) is 2. The molecule has 0 spiro atoms. The number of fused-ring (bicyclic) bond motifs is 1. The van der Waals surface area contributed by atoms with Gasteiger partial charge < -0.3 is 18.9 Å². The Balaban J connectivity index is 1.63. The van der Waals surface area contributed by atoms with Crippen LogP contribution in [0.4, 0.5) is 5.13 Å². The van der Waals surface area contributed by atoms with E-state index >= 15 is 0 Å². The van der Waals surface area contributed by atoms with Crippen molar-refractivity contribution in [2.24, 2.45) is 4.99 Å². The van der Waals surface area contributed by atoms with Gasteiger partial charge in [-0.1, -0.05) is 35.6 Å². The van der Waals surface area contributed by atoms with Gasteiger partial charge in [0.1, 0.15) is 5.75 Å². The van der Waals surface area contributed by atoms with E-state index in [0.717, 1.165) is 10.3 Å². The van der Waals surface area contributed by atoms with Gasteiger partial charge in [0.05, 0.1) is 43.7 Å². The molecule has 1 aromatic heterocycles. The molecule has 1 N–H and O–H groups in total. The highest BCUT2D eigenvalue weighted by atomic mass is 32.1. The van der Waals surface area contributed by atoms with Crippen LogP contribution in [0.1, 0.15) is 27.6 Å². The second kappa shape index (κ2) is 11.5. The van der Waals surface area contributed by atoms with Crippen molar-refractivity contribution in [3.8, 4) is 17.2 Å². The van der Waals surface area contributed by atoms with E-state index in [1.165, 1.54) is 18.4 Å². The van der Waals surface area contributed by atoms with E-state index in [2.05, 4.69) is 22.0 Å². The van der Waals surface area contributed by atoms with Gasteiger partial charge in [0.25, 0.3) is 5.91 Å². The number of benzene rings is 3. The molecule has 0 aliphatic carbocycles. The number of methoxy groups -OCH3 is 3. The average molecular weight is 520 g/mol. The zero-order chi connectivity index (χ0) is 26.4. The van der Waals surface area contributed by atoms with Crippen LogP contribution in [0.25, 0.3) is 10.2 Å². The minimum Gasteiger partial charge on any atom is -0.493 e. The molecule has 9 nitrogen and oxygen atoms in total. The number of hydrogen-bond donors (Lipinski definition) is 1. The van der Waals surface area contributed by atoms with Gasteiger partial charge in [-0.15, -0.1) is 0 Å². The zero-order valence-corrected chi connectivity index (χ0v) is 21.3. The molecule has 0 aliphatic heterocycles. The maximum Gasteiger partial charge on any atom is 0.337 e. The van der Waals surface area contributed by atoms with Crippen molar-refractivity contribution in [1.29, 1.82) is 0 Å². The number of carbonyl (C=O) groups is 2. The van der Waals surface area contributed by atoms with Crippen molar-refractivity contribution in [1.82, 2.24) is 4.98 Å². The van der Waals surface area contributed by atoms with Crippen molar-refractivity contribution in [3.63, 3.8) is 0 Å². The van der Waals surface area contributed by atoms with E-state index in [1.54, 1.807) is 62.8 Å². The summed E-state index contributed by atoms with van der Waals surface area (Å²) in [6, 6.07) is 17.3. The highest BCUT2D eigenvalue weighted by molar-refractivity contribution is 7.22. The third-order valence-electron chi connectivity index (χ3n) is 5.47. The average Bonchev–Trinajstić information content (AvgIpc) is 3.32. The lowest BCUT2D eigenvalue weighted by molar-refractivity contribution is -0.123. The van der Waals surface area contributed by atoms with Gasteiger partial charge >= 0.3 is 5.97 Å². The lowest BCUT2D eigenvalue weighted by Gasteiger charge is -2.19. The predicted molar refractivity (Wildman–Crippen MR) is 142 cm³/mol. The van der Waals surface area contributed by atoms with Crippen LogP contribution in [0.15, 0.2) is 65.7 Å². The highest BCUT2D eigenvalue weighted by Crippen LogP contribution is 2.36.